The van der Waals surface area contributed by atoms with Gasteiger partial charge < -0.3 is 10.2 Å². The van der Waals surface area contributed by atoms with Crippen LogP contribution < -0.4 is 10.2 Å². The number of nitrogens with one attached hydrogen (secondary N) is 1. The third-order valence-electron chi connectivity index (χ3n) is 3.85. The van der Waals surface area contributed by atoms with Gasteiger partial charge in [-0.1, -0.05) is 6.92 Å². The molecule has 1 N–H and O–H groups in total. The zero-order valence-electron chi connectivity index (χ0n) is 11.7. The summed E-state index contributed by atoms with van der Waals surface area (Å²) in [7, 11) is 2.01. The van der Waals surface area contributed by atoms with Crippen molar-refractivity contribution < 1.29 is 0 Å². The molecule has 0 saturated carbocycles. The minimum absolute atomic E-state index is 0.318. The van der Waals surface area contributed by atoms with Gasteiger partial charge in [-0.25, -0.2) is 4.98 Å². The molecule has 0 aliphatic carbocycles. The predicted octanol–water partition coefficient (Wildman–Crippen LogP) is 0.869. The first-order chi connectivity index (χ1) is 9.11. The van der Waals surface area contributed by atoms with Gasteiger partial charge in [-0.15, -0.1) is 0 Å². The Morgan fingerprint density at radius 3 is 3.11 bits per heavy atom. The van der Waals surface area contributed by atoms with E-state index in [9.17, 15) is 0 Å². The van der Waals surface area contributed by atoms with Crippen molar-refractivity contribution in [2.75, 3.05) is 31.6 Å². The number of hydrogen-bond acceptors (Lipinski definition) is 5. The summed E-state index contributed by atoms with van der Waals surface area (Å²) in [4.78, 5) is 11.0. The monoisotopic (exact) mass is 260 g/mol. The fraction of sp³-hybridized carbons (Fsp3) is 0.615. The molecule has 0 bridgehead atoms. The number of anilines is 1. The average molecular weight is 260 g/mol. The number of aromatic nitrogens is 4. The summed E-state index contributed by atoms with van der Waals surface area (Å²) in [5.74, 6) is 1.78. The Balaban J connectivity index is 1.95. The minimum atomic E-state index is 0.318. The molecule has 1 saturated heterocycles. The fourth-order valence-electron chi connectivity index (χ4n) is 2.93. The standard InChI is InChI=1S/C13H20N6/c1-10-6-11(19-12(17-10)15-9-16-19)18-5-4-13(2,8-18)7-14-3/h6,9,14H,4-5,7-8H2,1-3H3. The molecule has 19 heavy (non-hydrogen) atoms. The van der Waals surface area contributed by atoms with Crippen molar-refractivity contribution in [1.29, 1.82) is 0 Å². The van der Waals surface area contributed by atoms with Crippen molar-refractivity contribution in [3.05, 3.63) is 18.1 Å². The van der Waals surface area contributed by atoms with Crippen molar-refractivity contribution >= 4 is 11.6 Å². The van der Waals surface area contributed by atoms with Gasteiger partial charge in [-0.2, -0.15) is 14.6 Å². The van der Waals surface area contributed by atoms with E-state index in [-0.39, 0.29) is 0 Å². The lowest BCUT2D eigenvalue weighted by Gasteiger charge is -2.25. The van der Waals surface area contributed by atoms with Gasteiger partial charge in [-0.3, -0.25) is 0 Å². The molecule has 1 aliphatic rings. The number of aryl methyl sites for hydroxylation is 1. The van der Waals surface area contributed by atoms with Crippen LogP contribution >= 0.6 is 0 Å². The maximum Gasteiger partial charge on any atom is 0.254 e. The molecule has 102 valence electrons. The van der Waals surface area contributed by atoms with Crippen LogP contribution in [-0.2, 0) is 0 Å². The maximum atomic E-state index is 4.39. The van der Waals surface area contributed by atoms with Crippen LogP contribution in [0.1, 0.15) is 19.0 Å². The lowest BCUT2D eigenvalue weighted by Crippen LogP contribution is -2.33. The van der Waals surface area contributed by atoms with Gasteiger partial charge in [0, 0.05) is 31.4 Å². The van der Waals surface area contributed by atoms with Gasteiger partial charge in [0.05, 0.1) is 0 Å². The number of hydrogen-bond donors (Lipinski definition) is 1. The van der Waals surface area contributed by atoms with Gasteiger partial charge in [0.2, 0.25) is 0 Å². The quantitative estimate of drug-likeness (QED) is 0.887. The van der Waals surface area contributed by atoms with E-state index in [1.54, 1.807) is 6.33 Å². The van der Waals surface area contributed by atoms with E-state index >= 15 is 0 Å². The van der Waals surface area contributed by atoms with Crippen LogP contribution in [-0.4, -0.2) is 46.3 Å². The molecule has 2 aromatic rings. The van der Waals surface area contributed by atoms with Crippen molar-refractivity contribution in [2.45, 2.75) is 20.3 Å². The molecular weight excluding hydrogens is 240 g/mol. The summed E-state index contributed by atoms with van der Waals surface area (Å²) < 4.78 is 1.83. The number of rotatable bonds is 3. The SMILES string of the molecule is CNCC1(C)CCN(c2cc(C)nc3ncnn23)C1. The maximum absolute atomic E-state index is 4.39. The first-order valence-electron chi connectivity index (χ1n) is 6.68. The molecule has 0 spiro atoms. The molecule has 2 aromatic heterocycles. The first kappa shape index (κ1) is 12.3. The largest absolute Gasteiger partial charge is 0.356 e. The van der Waals surface area contributed by atoms with Crippen molar-refractivity contribution in [1.82, 2.24) is 24.9 Å². The topological polar surface area (TPSA) is 58.3 Å². The van der Waals surface area contributed by atoms with E-state index in [0.29, 0.717) is 11.2 Å². The molecule has 3 rings (SSSR count). The Hall–Kier alpha value is -1.69. The molecule has 6 heteroatoms. The highest BCUT2D eigenvalue weighted by molar-refractivity contribution is 5.48. The van der Waals surface area contributed by atoms with Gasteiger partial charge in [0.1, 0.15) is 12.1 Å². The van der Waals surface area contributed by atoms with Crippen LogP contribution in [0.3, 0.4) is 0 Å². The number of nitrogens with zero attached hydrogens (tertiary/aromatic N) is 5. The molecule has 0 radical (unpaired) electrons. The zero-order valence-corrected chi connectivity index (χ0v) is 11.7. The van der Waals surface area contributed by atoms with Gasteiger partial charge in [0.25, 0.3) is 5.78 Å². The van der Waals surface area contributed by atoms with Crippen LogP contribution in [0.5, 0.6) is 0 Å². The highest BCUT2D eigenvalue weighted by Gasteiger charge is 2.34. The van der Waals surface area contributed by atoms with E-state index in [2.05, 4.69) is 38.3 Å². The third-order valence-corrected chi connectivity index (χ3v) is 3.85. The molecule has 0 aromatic carbocycles. The lowest BCUT2D eigenvalue weighted by atomic mass is 9.90. The fourth-order valence-corrected chi connectivity index (χ4v) is 2.93. The van der Waals surface area contributed by atoms with Crippen LogP contribution in [0.2, 0.25) is 0 Å². The Bertz CT molecular complexity index is 592. The highest BCUT2D eigenvalue weighted by atomic mass is 15.4. The number of fused-ring (bicyclic) bond motifs is 1. The normalized spacial score (nSPS) is 23.4. The Morgan fingerprint density at radius 1 is 1.47 bits per heavy atom. The zero-order chi connectivity index (χ0) is 13.5. The summed E-state index contributed by atoms with van der Waals surface area (Å²) in [6, 6.07) is 2.09. The molecule has 1 aliphatic heterocycles. The summed E-state index contributed by atoms with van der Waals surface area (Å²) in [5, 5.41) is 7.58. The molecule has 0 amide bonds. The van der Waals surface area contributed by atoms with Gasteiger partial charge >= 0.3 is 0 Å². The average Bonchev–Trinajstić information content (AvgIpc) is 2.95. The molecule has 1 atom stereocenters. The van der Waals surface area contributed by atoms with E-state index < -0.39 is 0 Å². The van der Waals surface area contributed by atoms with Crippen LogP contribution in [0, 0.1) is 12.3 Å². The molecular formula is C13H20N6. The third kappa shape index (κ3) is 2.16. The van der Waals surface area contributed by atoms with Crippen LogP contribution in [0.15, 0.2) is 12.4 Å². The molecule has 6 nitrogen and oxygen atoms in total. The summed E-state index contributed by atoms with van der Waals surface area (Å²) in [6.07, 6.45) is 2.75. The Labute approximate surface area is 112 Å². The van der Waals surface area contributed by atoms with Gasteiger partial charge in [0.15, 0.2) is 0 Å². The predicted molar refractivity (Wildman–Crippen MR) is 74.4 cm³/mol. The second-order valence-corrected chi connectivity index (χ2v) is 5.74. The molecule has 1 fully saturated rings. The van der Waals surface area contributed by atoms with Crippen LogP contribution in [0.25, 0.3) is 5.78 Å². The Morgan fingerprint density at radius 2 is 2.32 bits per heavy atom. The summed E-state index contributed by atoms with van der Waals surface area (Å²) in [6.45, 7) is 7.45. The molecule has 3 heterocycles. The smallest absolute Gasteiger partial charge is 0.254 e. The van der Waals surface area contributed by atoms with Crippen molar-refractivity contribution in [3.8, 4) is 0 Å². The lowest BCUT2D eigenvalue weighted by molar-refractivity contribution is 0.355. The van der Waals surface area contributed by atoms with Crippen molar-refractivity contribution in [2.24, 2.45) is 5.41 Å². The summed E-state index contributed by atoms with van der Waals surface area (Å²) >= 11 is 0. The Kier molecular flexibility index (Phi) is 2.89. The van der Waals surface area contributed by atoms with Crippen LogP contribution in [0.4, 0.5) is 5.82 Å². The minimum Gasteiger partial charge on any atom is -0.356 e. The van der Waals surface area contributed by atoms with Crippen molar-refractivity contribution in [3.63, 3.8) is 0 Å². The van der Waals surface area contributed by atoms with E-state index in [4.69, 9.17) is 0 Å². The highest BCUT2D eigenvalue weighted by Crippen LogP contribution is 2.32. The second kappa shape index (κ2) is 4.45. The van der Waals surface area contributed by atoms with E-state index in [1.807, 2.05) is 18.5 Å². The van der Waals surface area contributed by atoms with E-state index in [0.717, 1.165) is 31.1 Å². The van der Waals surface area contributed by atoms with E-state index in [1.165, 1.54) is 6.42 Å². The first-order valence-corrected chi connectivity index (χ1v) is 6.68. The van der Waals surface area contributed by atoms with Gasteiger partial charge in [-0.05, 0) is 25.8 Å². The molecule has 1 unspecified atom stereocenters. The second-order valence-electron chi connectivity index (χ2n) is 5.74. The summed E-state index contributed by atoms with van der Waals surface area (Å²) in [5.41, 5.74) is 1.30.